The lowest BCUT2D eigenvalue weighted by Gasteiger charge is -2.19. The molecular weight excluding hydrogens is 216 g/mol. The predicted molar refractivity (Wildman–Crippen MR) is 55.5 cm³/mol. The highest BCUT2D eigenvalue weighted by Crippen LogP contribution is 2.24. The summed E-state index contributed by atoms with van der Waals surface area (Å²) in [5.41, 5.74) is 1.02. The zero-order valence-electron chi connectivity index (χ0n) is 8.85. The molecule has 0 aromatic heterocycles. The summed E-state index contributed by atoms with van der Waals surface area (Å²) < 4.78 is 35.1. The Kier molecular flexibility index (Phi) is 3.06. The summed E-state index contributed by atoms with van der Waals surface area (Å²) >= 11 is 0. The van der Waals surface area contributed by atoms with Gasteiger partial charge in [-0.2, -0.15) is 0 Å². The van der Waals surface area contributed by atoms with Crippen LogP contribution in [0.15, 0.2) is 24.3 Å². The van der Waals surface area contributed by atoms with E-state index in [0.717, 1.165) is 5.56 Å². The minimum atomic E-state index is -4.68. The molecule has 84 valence electrons. The number of hydrogen-bond donors (Lipinski definition) is 0. The van der Waals surface area contributed by atoms with Crippen LogP contribution in [0, 0.1) is 0 Å². The van der Waals surface area contributed by atoms with Gasteiger partial charge in [-0.05, 0) is 23.1 Å². The van der Waals surface area contributed by atoms with Gasteiger partial charge in [-0.15, -0.1) is 0 Å². The Bertz CT molecular complexity index is 425. The first-order valence-corrected chi connectivity index (χ1v) is 5.78. The van der Waals surface area contributed by atoms with E-state index >= 15 is 0 Å². The average molecular weight is 229 g/mol. The van der Waals surface area contributed by atoms with Crippen molar-refractivity contribution in [1.82, 2.24) is 0 Å². The largest absolute Gasteiger partial charge is 0.716 e. The first-order chi connectivity index (χ1) is 6.68. The molecule has 0 spiro atoms. The highest BCUT2D eigenvalue weighted by atomic mass is 32.3. The molecule has 0 aliphatic rings. The molecule has 1 rings (SSSR count). The van der Waals surface area contributed by atoms with Crippen molar-refractivity contribution in [3.05, 3.63) is 29.8 Å². The monoisotopic (exact) mass is 229 g/mol. The van der Waals surface area contributed by atoms with Gasteiger partial charge in [0.2, 0.25) is 0 Å². The standard InChI is InChI=1S/C10H14O4S/c1-10(2,3)8-4-6-9(7-5-8)14-15(11,12)13/h4-7H,1-3H3,(H,11,12,13)/p-1. The molecule has 1 aromatic rings. The van der Waals surface area contributed by atoms with Gasteiger partial charge in [-0.3, -0.25) is 0 Å². The van der Waals surface area contributed by atoms with E-state index in [9.17, 15) is 13.0 Å². The topological polar surface area (TPSA) is 66.4 Å². The Labute approximate surface area is 89.8 Å². The third-order valence-corrected chi connectivity index (χ3v) is 2.32. The second-order valence-corrected chi connectivity index (χ2v) is 5.25. The van der Waals surface area contributed by atoms with Crippen LogP contribution in [0.3, 0.4) is 0 Å². The second-order valence-electron chi connectivity index (χ2n) is 4.27. The minimum Gasteiger partial charge on any atom is -0.716 e. The molecule has 0 fully saturated rings. The fourth-order valence-electron chi connectivity index (χ4n) is 1.13. The third-order valence-electron chi connectivity index (χ3n) is 1.92. The van der Waals surface area contributed by atoms with E-state index in [4.69, 9.17) is 0 Å². The van der Waals surface area contributed by atoms with Gasteiger partial charge in [0, 0.05) is 0 Å². The number of hydrogen-bond acceptors (Lipinski definition) is 4. The Morgan fingerprint density at radius 3 is 1.93 bits per heavy atom. The molecule has 15 heavy (non-hydrogen) atoms. The van der Waals surface area contributed by atoms with E-state index in [2.05, 4.69) is 4.18 Å². The fourth-order valence-corrected chi connectivity index (χ4v) is 1.48. The van der Waals surface area contributed by atoms with E-state index in [-0.39, 0.29) is 11.2 Å². The van der Waals surface area contributed by atoms with Gasteiger partial charge in [0.15, 0.2) is 0 Å². The summed E-state index contributed by atoms with van der Waals surface area (Å²) in [5.74, 6) is 0.0398. The Balaban J connectivity index is 2.91. The SMILES string of the molecule is CC(C)(C)c1ccc(OS(=O)(=O)[O-])cc1. The molecule has 0 N–H and O–H groups in total. The maximum absolute atomic E-state index is 10.3. The van der Waals surface area contributed by atoms with Crippen molar-refractivity contribution in [3.63, 3.8) is 0 Å². The first-order valence-electron chi connectivity index (χ1n) is 4.44. The van der Waals surface area contributed by atoms with E-state index in [1.165, 1.54) is 12.1 Å². The van der Waals surface area contributed by atoms with E-state index in [1.807, 2.05) is 20.8 Å². The molecule has 0 aliphatic heterocycles. The second kappa shape index (κ2) is 3.83. The molecule has 5 heteroatoms. The van der Waals surface area contributed by atoms with Gasteiger partial charge in [0.25, 0.3) is 10.4 Å². The van der Waals surface area contributed by atoms with Crippen LogP contribution >= 0.6 is 0 Å². The molecule has 0 saturated carbocycles. The zero-order chi connectivity index (χ0) is 11.7. The normalized spacial score (nSPS) is 12.5. The molecule has 0 amide bonds. The quantitative estimate of drug-likeness (QED) is 0.573. The summed E-state index contributed by atoms with van der Waals surface area (Å²) in [7, 11) is -4.68. The van der Waals surface area contributed by atoms with Crippen molar-refractivity contribution in [3.8, 4) is 5.75 Å². The number of benzene rings is 1. The molecule has 0 heterocycles. The van der Waals surface area contributed by atoms with Gasteiger partial charge < -0.3 is 8.74 Å². The lowest BCUT2D eigenvalue weighted by Crippen LogP contribution is -2.11. The van der Waals surface area contributed by atoms with Crippen molar-refractivity contribution in [2.24, 2.45) is 0 Å². The molecule has 0 bridgehead atoms. The average Bonchev–Trinajstić information content (AvgIpc) is 2.00. The van der Waals surface area contributed by atoms with Crippen LogP contribution in [0.2, 0.25) is 0 Å². The lowest BCUT2D eigenvalue weighted by atomic mass is 9.87. The van der Waals surface area contributed by atoms with Crippen molar-refractivity contribution >= 4 is 10.4 Å². The molecule has 0 atom stereocenters. The first kappa shape index (κ1) is 12.0. The van der Waals surface area contributed by atoms with Crippen molar-refractivity contribution in [1.29, 1.82) is 0 Å². The van der Waals surface area contributed by atoms with Gasteiger partial charge in [0.1, 0.15) is 5.75 Å². The van der Waals surface area contributed by atoms with Gasteiger partial charge in [0.05, 0.1) is 0 Å². The summed E-state index contributed by atoms with van der Waals surface area (Å²) in [5, 5.41) is 0. The highest BCUT2D eigenvalue weighted by Gasteiger charge is 2.13. The smallest absolute Gasteiger partial charge is 0.262 e. The van der Waals surface area contributed by atoms with Crippen molar-refractivity contribution in [2.75, 3.05) is 0 Å². The van der Waals surface area contributed by atoms with Crippen LogP contribution in [-0.4, -0.2) is 13.0 Å². The molecule has 0 radical (unpaired) electrons. The van der Waals surface area contributed by atoms with Crippen molar-refractivity contribution in [2.45, 2.75) is 26.2 Å². The van der Waals surface area contributed by atoms with Gasteiger partial charge >= 0.3 is 0 Å². The zero-order valence-corrected chi connectivity index (χ0v) is 9.67. The molecule has 4 nitrogen and oxygen atoms in total. The Hall–Kier alpha value is -1.07. The molecular formula is C10H13O4S-. The molecule has 1 aromatic carbocycles. The summed E-state index contributed by atoms with van der Waals surface area (Å²) in [6.07, 6.45) is 0. The van der Waals surface area contributed by atoms with Crippen LogP contribution in [0.5, 0.6) is 5.75 Å². The third kappa shape index (κ3) is 3.89. The predicted octanol–water partition coefficient (Wildman–Crippen LogP) is 1.82. The van der Waals surface area contributed by atoms with E-state index in [1.54, 1.807) is 12.1 Å². The lowest BCUT2D eigenvalue weighted by molar-refractivity contribution is 0.372. The molecule has 0 saturated heterocycles. The van der Waals surface area contributed by atoms with Crippen LogP contribution in [-0.2, 0) is 15.8 Å². The number of rotatable bonds is 2. The molecule has 0 aliphatic carbocycles. The summed E-state index contributed by atoms with van der Waals surface area (Å²) in [6.45, 7) is 6.10. The fraction of sp³-hybridized carbons (Fsp3) is 0.400. The summed E-state index contributed by atoms with van der Waals surface area (Å²) in [6, 6.07) is 6.41. The molecule has 0 unspecified atom stereocenters. The highest BCUT2D eigenvalue weighted by molar-refractivity contribution is 7.81. The van der Waals surface area contributed by atoms with Crippen LogP contribution in [0.25, 0.3) is 0 Å². The van der Waals surface area contributed by atoms with Gasteiger partial charge in [-0.25, -0.2) is 8.42 Å². The maximum Gasteiger partial charge on any atom is 0.262 e. The van der Waals surface area contributed by atoms with Crippen LogP contribution in [0.4, 0.5) is 0 Å². The maximum atomic E-state index is 10.3. The van der Waals surface area contributed by atoms with E-state index < -0.39 is 10.4 Å². The van der Waals surface area contributed by atoms with Crippen LogP contribution in [0.1, 0.15) is 26.3 Å². The van der Waals surface area contributed by atoms with Crippen LogP contribution < -0.4 is 4.18 Å². The summed E-state index contributed by atoms with van der Waals surface area (Å²) in [4.78, 5) is 0. The van der Waals surface area contributed by atoms with Crippen molar-refractivity contribution < 1.29 is 17.2 Å². The van der Waals surface area contributed by atoms with Gasteiger partial charge in [-0.1, -0.05) is 32.9 Å². The van der Waals surface area contributed by atoms with E-state index in [0.29, 0.717) is 0 Å². The Morgan fingerprint density at radius 2 is 1.60 bits per heavy atom. The Morgan fingerprint density at radius 1 is 1.13 bits per heavy atom. The minimum absolute atomic E-state index is 0.0190.